The largest absolute Gasteiger partial charge is 0.507 e. The summed E-state index contributed by atoms with van der Waals surface area (Å²) in [5.74, 6) is 0.165. The topological polar surface area (TPSA) is 77.3 Å². The number of amidine groups is 1. The molecule has 1 aromatic rings. The van der Waals surface area contributed by atoms with Gasteiger partial charge in [0.1, 0.15) is 5.75 Å². The Labute approximate surface area is 171 Å². The highest BCUT2D eigenvalue weighted by Crippen LogP contribution is 2.56. The van der Waals surface area contributed by atoms with E-state index in [9.17, 15) is 23.1 Å². The van der Waals surface area contributed by atoms with E-state index in [4.69, 9.17) is 5.10 Å². The van der Waals surface area contributed by atoms with Crippen LogP contribution < -0.4 is 5.32 Å². The third-order valence-corrected chi connectivity index (χ3v) is 6.66. The Morgan fingerprint density at radius 3 is 2.73 bits per heavy atom. The molecule has 1 saturated carbocycles. The summed E-state index contributed by atoms with van der Waals surface area (Å²) in [6.07, 6.45) is 0.564. The summed E-state index contributed by atoms with van der Waals surface area (Å²) < 4.78 is 39.0. The molecule has 158 valence electrons. The summed E-state index contributed by atoms with van der Waals surface area (Å²) in [7, 11) is 0. The molecule has 5 rings (SSSR count). The van der Waals surface area contributed by atoms with Gasteiger partial charge in [0, 0.05) is 23.9 Å². The number of nitrogens with zero attached hydrogens (tertiary/aromatic N) is 3. The number of aliphatic imine (C=N–C) groups is 1. The van der Waals surface area contributed by atoms with Gasteiger partial charge < -0.3 is 10.4 Å². The number of hydrogen-bond acceptors (Lipinski definition) is 5. The number of rotatable bonds is 2. The number of carbonyl (C=O) groups is 1. The molecule has 1 aliphatic carbocycles. The van der Waals surface area contributed by atoms with Gasteiger partial charge in [-0.05, 0) is 44.0 Å². The average molecular weight is 418 g/mol. The van der Waals surface area contributed by atoms with Crippen LogP contribution in [0.25, 0.3) is 0 Å². The number of halogens is 3. The maximum atomic E-state index is 13.0. The lowest BCUT2D eigenvalue weighted by atomic mass is 9.93. The van der Waals surface area contributed by atoms with Crippen LogP contribution in [0, 0.1) is 18.3 Å². The number of dihydropyridines is 1. The predicted molar refractivity (Wildman–Crippen MR) is 104 cm³/mol. The van der Waals surface area contributed by atoms with Crippen LogP contribution in [0.3, 0.4) is 0 Å². The molecule has 3 aliphatic heterocycles. The van der Waals surface area contributed by atoms with Crippen LogP contribution in [0.15, 0.2) is 34.4 Å². The number of phenols is 1. The first-order chi connectivity index (χ1) is 14.1. The van der Waals surface area contributed by atoms with E-state index in [1.54, 1.807) is 6.08 Å². The fourth-order valence-corrected chi connectivity index (χ4v) is 4.91. The van der Waals surface area contributed by atoms with Crippen molar-refractivity contribution < 1.29 is 23.1 Å². The Morgan fingerprint density at radius 1 is 1.33 bits per heavy atom. The van der Waals surface area contributed by atoms with Gasteiger partial charge in [0.15, 0.2) is 5.84 Å². The number of allylic oxidation sites excluding steroid dienone is 1. The van der Waals surface area contributed by atoms with E-state index in [0.717, 1.165) is 18.6 Å². The van der Waals surface area contributed by atoms with Crippen molar-refractivity contribution in [2.75, 3.05) is 6.54 Å². The van der Waals surface area contributed by atoms with Crippen LogP contribution in [0.5, 0.6) is 5.75 Å². The molecule has 0 aromatic heterocycles. The lowest BCUT2D eigenvalue weighted by Crippen LogP contribution is -2.34. The van der Waals surface area contributed by atoms with Gasteiger partial charge in [-0.2, -0.15) is 18.3 Å². The maximum Gasteiger partial charge on any atom is 0.416 e. The predicted octanol–water partition coefficient (Wildman–Crippen LogP) is 2.99. The van der Waals surface area contributed by atoms with Crippen molar-refractivity contribution in [1.82, 2.24) is 10.3 Å². The van der Waals surface area contributed by atoms with Crippen LogP contribution in [-0.4, -0.2) is 46.2 Å². The molecule has 2 N–H and O–H groups in total. The van der Waals surface area contributed by atoms with Gasteiger partial charge in [-0.3, -0.25) is 9.80 Å². The van der Waals surface area contributed by atoms with E-state index in [-0.39, 0.29) is 34.9 Å². The fraction of sp³-hybridized carbons (Fsp3) is 0.476. The molecular formula is C21H21F3N4O2. The van der Waals surface area contributed by atoms with Crippen molar-refractivity contribution >= 4 is 17.5 Å². The van der Waals surface area contributed by atoms with Gasteiger partial charge in [0.2, 0.25) is 5.91 Å². The van der Waals surface area contributed by atoms with E-state index in [0.29, 0.717) is 30.1 Å². The third-order valence-electron chi connectivity index (χ3n) is 6.66. The smallest absolute Gasteiger partial charge is 0.416 e. The zero-order valence-corrected chi connectivity index (χ0v) is 16.5. The Kier molecular flexibility index (Phi) is 3.88. The monoisotopic (exact) mass is 418 g/mol. The van der Waals surface area contributed by atoms with Crippen molar-refractivity contribution in [1.29, 1.82) is 0 Å². The summed E-state index contributed by atoms with van der Waals surface area (Å²) in [5.41, 5.74) is 0.0214. The van der Waals surface area contributed by atoms with Crippen molar-refractivity contribution in [3.63, 3.8) is 0 Å². The molecule has 6 nitrogen and oxygen atoms in total. The van der Waals surface area contributed by atoms with Gasteiger partial charge in [-0.1, -0.05) is 6.08 Å². The molecule has 3 heterocycles. The molecule has 4 aliphatic rings. The molecule has 1 aromatic carbocycles. The van der Waals surface area contributed by atoms with Crippen molar-refractivity contribution in [3.05, 3.63) is 41.0 Å². The number of aromatic hydroxyl groups is 1. The summed E-state index contributed by atoms with van der Waals surface area (Å²) >= 11 is 0. The van der Waals surface area contributed by atoms with E-state index in [2.05, 4.69) is 17.2 Å². The average Bonchev–Trinajstić information content (AvgIpc) is 3.06. The number of carbonyl (C=O) groups excluding carboxylic acids is 1. The van der Waals surface area contributed by atoms with Crippen LogP contribution in [0.1, 0.15) is 36.5 Å². The minimum absolute atomic E-state index is 0.0339. The van der Waals surface area contributed by atoms with Crippen molar-refractivity contribution in [2.45, 2.75) is 44.9 Å². The maximum absolute atomic E-state index is 13.0. The van der Waals surface area contributed by atoms with Crippen LogP contribution in [-0.2, 0) is 11.0 Å². The van der Waals surface area contributed by atoms with E-state index < -0.39 is 17.5 Å². The fourth-order valence-electron chi connectivity index (χ4n) is 4.91. The second-order valence-electron chi connectivity index (χ2n) is 8.68. The lowest BCUT2D eigenvalue weighted by Gasteiger charge is -2.25. The van der Waals surface area contributed by atoms with E-state index in [1.807, 2.05) is 11.1 Å². The number of alkyl halides is 3. The molecule has 0 bridgehead atoms. The summed E-state index contributed by atoms with van der Waals surface area (Å²) in [4.78, 5) is 16.2. The Hall–Kier alpha value is -2.84. The van der Waals surface area contributed by atoms with Crippen LogP contribution in [0.2, 0.25) is 0 Å². The van der Waals surface area contributed by atoms with Gasteiger partial charge in [-0.15, -0.1) is 0 Å². The highest BCUT2D eigenvalue weighted by atomic mass is 19.4. The van der Waals surface area contributed by atoms with Crippen molar-refractivity contribution in [3.8, 4) is 5.75 Å². The second-order valence-corrected chi connectivity index (χ2v) is 8.68. The van der Waals surface area contributed by atoms with Crippen LogP contribution >= 0.6 is 0 Å². The zero-order valence-electron chi connectivity index (χ0n) is 16.5. The minimum atomic E-state index is -4.53. The Morgan fingerprint density at radius 2 is 2.10 bits per heavy atom. The number of fused-ring (bicyclic) bond motifs is 1. The molecule has 3 unspecified atom stereocenters. The molecule has 1 amide bonds. The molecule has 30 heavy (non-hydrogen) atoms. The number of amides is 1. The summed E-state index contributed by atoms with van der Waals surface area (Å²) in [6.45, 7) is 4.25. The SMILES string of the molecule is Cc1cc(C(F)(F)F)cc(O)c1C1=NC2=NN([C@H]3CC34CNC(=O)C4)C(C)C2C=C1. The highest BCUT2D eigenvalue weighted by Gasteiger charge is 2.62. The molecule has 2 fully saturated rings. The summed E-state index contributed by atoms with van der Waals surface area (Å²) in [6, 6.07) is 2.00. The zero-order chi connectivity index (χ0) is 21.4. The normalized spacial score (nSPS) is 32.2. The minimum Gasteiger partial charge on any atom is -0.507 e. The van der Waals surface area contributed by atoms with Gasteiger partial charge in [0.05, 0.1) is 29.3 Å². The Balaban J connectivity index is 1.45. The van der Waals surface area contributed by atoms with Crippen molar-refractivity contribution in [2.24, 2.45) is 21.4 Å². The van der Waals surface area contributed by atoms with E-state index in [1.165, 1.54) is 6.92 Å². The standard InChI is InChI=1S/C21H21F3N4O2/c1-10-5-12(21(22,23)24)6-15(29)18(10)14-4-3-13-11(2)28(27-19(13)26-14)16-7-20(16)8-17(30)25-9-20/h3-6,11,13,16,29H,7-9H2,1-2H3,(H,25,30)/t11?,13?,16-,20?/m0/s1. The number of phenolic OH excluding ortho intramolecular Hbond substituents is 1. The number of aryl methyl sites for hydroxylation is 1. The number of benzene rings is 1. The number of nitrogens with one attached hydrogen (secondary N) is 1. The highest BCUT2D eigenvalue weighted by molar-refractivity contribution is 6.18. The molecular weight excluding hydrogens is 397 g/mol. The molecule has 4 atom stereocenters. The molecule has 1 spiro atoms. The lowest BCUT2D eigenvalue weighted by molar-refractivity contribution is -0.137. The van der Waals surface area contributed by atoms with Gasteiger partial charge in [-0.25, -0.2) is 4.99 Å². The third kappa shape index (κ3) is 2.82. The van der Waals surface area contributed by atoms with E-state index >= 15 is 0 Å². The molecule has 1 saturated heterocycles. The quantitative estimate of drug-likeness (QED) is 0.775. The first kappa shape index (κ1) is 19.1. The number of hydrazone groups is 1. The van der Waals surface area contributed by atoms with Gasteiger partial charge >= 0.3 is 6.18 Å². The Bertz CT molecular complexity index is 1020. The first-order valence-electron chi connectivity index (χ1n) is 9.91. The molecule has 0 radical (unpaired) electrons. The second kappa shape index (κ2) is 6.09. The van der Waals surface area contributed by atoms with Crippen LogP contribution in [0.4, 0.5) is 13.2 Å². The molecule has 9 heteroatoms. The summed E-state index contributed by atoms with van der Waals surface area (Å²) in [5, 5.41) is 19.9. The number of hydrogen-bond donors (Lipinski definition) is 2. The first-order valence-corrected chi connectivity index (χ1v) is 9.91. The van der Waals surface area contributed by atoms with Gasteiger partial charge in [0.25, 0.3) is 0 Å².